The van der Waals surface area contributed by atoms with E-state index in [4.69, 9.17) is 9.57 Å². The smallest absolute Gasteiger partial charge is 0.408 e. The number of likely N-dealkylation sites (tertiary alicyclic amines) is 1. The first-order chi connectivity index (χ1) is 24.6. The molecule has 282 valence electrons. The van der Waals surface area contributed by atoms with Crippen LogP contribution in [0.5, 0.6) is 0 Å². The minimum atomic E-state index is -4.11. The van der Waals surface area contributed by atoms with Crippen molar-refractivity contribution in [1.82, 2.24) is 20.3 Å². The number of fused-ring (bicyclic) bond motifs is 1. The highest BCUT2D eigenvalue weighted by Gasteiger charge is 2.66. The average molecular weight is 746 g/mol. The molecule has 1 heterocycles. The van der Waals surface area contributed by atoms with Gasteiger partial charge in [0.2, 0.25) is 28.3 Å². The number of nitrogens with one attached hydrogen (secondary N) is 3. The second-order valence-electron chi connectivity index (χ2n) is 15.3. The molecule has 52 heavy (non-hydrogen) atoms. The summed E-state index contributed by atoms with van der Waals surface area (Å²) in [6, 6.07) is 10.8. The molecular formula is C36H45F2N5O8S. The predicted molar refractivity (Wildman–Crippen MR) is 187 cm³/mol. The number of sulfonamides is 1. The van der Waals surface area contributed by atoms with Crippen LogP contribution >= 0.6 is 0 Å². The van der Waals surface area contributed by atoms with Crippen molar-refractivity contribution in [2.45, 2.75) is 114 Å². The summed E-state index contributed by atoms with van der Waals surface area (Å²) in [6.45, 7) is 5.03. The maximum atomic E-state index is 14.3. The van der Waals surface area contributed by atoms with E-state index >= 15 is 0 Å². The van der Waals surface area contributed by atoms with Gasteiger partial charge >= 0.3 is 6.09 Å². The highest BCUT2D eigenvalue weighted by Crippen LogP contribution is 2.48. The lowest BCUT2D eigenvalue weighted by Gasteiger charge is -2.35. The van der Waals surface area contributed by atoms with Crippen LogP contribution in [-0.2, 0) is 34.0 Å². The lowest BCUT2D eigenvalue weighted by molar-refractivity contribution is -0.143. The van der Waals surface area contributed by atoms with Crippen LogP contribution in [0.3, 0.4) is 0 Å². The molecule has 5 atom stereocenters. The lowest BCUT2D eigenvalue weighted by Crippen LogP contribution is -2.60. The fraction of sp³-hybridized carbons (Fsp3) is 0.583. The predicted octanol–water partition coefficient (Wildman–Crippen LogP) is 3.99. The molecule has 0 radical (unpaired) electrons. The van der Waals surface area contributed by atoms with Crippen molar-refractivity contribution in [3.05, 3.63) is 48.0 Å². The third kappa shape index (κ3) is 8.16. The second-order valence-corrected chi connectivity index (χ2v) is 17.3. The number of carbonyl (C=O) groups excluding carboxylic acids is 4. The van der Waals surface area contributed by atoms with Crippen molar-refractivity contribution >= 4 is 50.8 Å². The van der Waals surface area contributed by atoms with Gasteiger partial charge in [-0.2, -0.15) is 0 Å². The van der Waals surface area contributed by atoms with E-state index in [1.54, 1.807) is 20.8 Å². The van der Waals surface area contributed by atoms with Gasteiger partial charge in [-0.05, 0) is 61.1 Å². The molecule has 0 spiro atoms. The summed E-state index contributed by atoms with van der Waals surface area (Å²) >= 11 is 0. The second kappa shape index (κ2) is 14.6. The fourth-order valence-corrected chi connectivity index (χ4v) is 8.43. The molecule has 1 saturated heterocycles. The number of alkyl carbamates (subject to hydrolysis) is 1. The third-order valence-electron chi connectivity index (χ3n) is 10.3. The minimum absolute atomic E-state index is 0.134. The zero-order valence-electron chi connectivity index (χ0n) is 29.3. The SMILES string of the molecule is CC(C)(C)[C@H](NC(=O)OC1CCCC1)C(=O)N1C[C@H](O/N=C/c2cccc3ccccc23)C[C@H]1C(=O)N[C@@]1(C(=O)NS(=O)(=O)C2CC2)C[C@H]1C(F)F. The van der Waals surface area contributed by atoms with Crippen molar-refractivity contribution in [1.29, 1.82) is 0 Å². The van der Waals surface area contributed by atoms with E-state index in [2.05, 4.69) is 15.8 Å². The van der Waals surface area contributed by atoms with Crippen LogP contribution in [0, 0.1) is 11.3 Å². The highest BCUT2D eigenvalue weighted by molar-refractivity contribution is 7.91. The lowest BCUT2D eigenvalue weighted by atomic mass is 9.85. The van der Waals surface area contributed by atoms with Crippen LogP contribution in [0.25, 0.3) is 10.8 Å². The van der Waals surface area contributed by atoms with Crippen LogP contribution in [0.1, 0.15) is 77.7 Å². The topological polar surface area (TPSA) is 173 Å². The van der Waals surface area contributed by atoms with Crippen molar-refractivity contribution < 1.29 is 46.0 Å². The Morgan fingerprint density at radius 2 is 1.69 bits per heavy atom. The molecule has 0 aromatic heterocycles. The van der Waals surface area contributed by atoms with Gasteiger partial charge in [-0.1, -0.05) is 68.4 Å². The molecule has 0 unspecified atom stereocenters. The Balaban J connectivity index is 1.24. The molecule has 1 aliphatic heterocycles. The molecule has 3 N–H and O–H groups in total. The third-order valence-corrected chi connectivity index (χ3v) is 12.1. The van der Waals surface area contributed by atoms with E-state index in [1.165, 1.54) is 11.1 Å². The number of hydrogen-bond donors (Lipinski definition) is 3. The standard InChI is InChI=1S/C36H45F2N5O8S/c1-35(2,3)29(40-34(47)50-23-12-5-6-13-23)32(45)43-20-24(51-39-19-22-11-8-10-21-9-4-7-14-26(21)22)17-28(43)31(44)41-36(18-27(36)30(37)38)33(46)42-52(48,49)25-15-16-25/h4,7-11,14,19,23-25,27-30H,5-6,12-13,15-18,20H2,1-3H3,(H,40,47)(H,41,44)(H,42,46)/b39-19+/t24-,27+,28+,29-,36+/m1/s1. The van der Waals surface area contributed by atoms with E-state index in [0.717, 1.165) is 29.2 Å². The Bertz CT molecular complexity index is 1840. The van der Waals surface area contributed by atoms with Gasteiger partial charge in [0.25, 0.3) is 5.91 Å². The summed E-state index contributed by atoms with van der Waals surface area (Å²) in [5.74, 6) is -4.48. The van der Waals surface area contributed by atoms with Gasteiger partial charge in [0.05, 0.1) is 23.9 Å². The Hall–Kier alpha value is -4.34. The summed E-state index contributed by atoms with van der Waals surface area (Å²) in [5.41, 5.74) is -2.30. The minimum Gasteiger partial charge on any atom is -0.446 e. The fourth-order valence-electron chi connectivity index (χ4n) is 7.06. The Kier molecular flexibility index (Phi) is 10.5. The van der Waals surface area contributed by atoms with Gasteiger partial charge in [0.15, 0.2) is 0 Å². The Morgan fingerprint density at radius 1 is 1.00 bits per heavy atom. The maximum Gasteiger partial charge on any atom is 0.408 e. The molecule has 3 aliphatic carbocycles. The van der Waals surface area contributed by atoms with E-state index in [-0.39, 0.29) is 19.1 Å². The number of ether oxygens (including phenoxy) is 1. The molecule has 3 saturated carbocycles. The number of rotatable bonds is 12. The molecule has 13 nitrogen and oxygen atoms in total. The van der Waals surface area contributed by atoms with Gasteiger partial charge in [0, 0.05) is 12.0 Å². The molecule has 2 aromatic carbocycles. The molecule has 16 heteroatoms. The molecule has 4 fully saturated rings. The van der Waals surface area contributed by atoms with Gasteiger partial charge in [-0.15, -0.1) is 0 Å². The number of hydrogen-bond acceptors (Lipinski definition) is 9. The van der Waals surface area contributed by atoms with E-state index in [1.807, 2.05) is 47.2 Å². The first kappa shape index (κ1) is 37.4. The van der Waals surface area contributed by atoms with Crippen LogP contribution in [0.2, 0.25) is 0 Å². The van der Waals surface area contributed by atoms with E-state index in [9.17, 15) is 36.4 Å². The molecule has 4 amide bonds. The quantitative estimate of drug-likeness (QED) is 0.216. The summed E-state index contributed by atoms with van der Waals surface area (Å²) in [5, 5.41) is 10.3. The van der Waals surface area contributed by atoms with E-state index in [0.29, 0.717) is 25.7 Å². The molecule has 4 aliphatic rings. The summed E-state index contributed by atoms with van der Waals surface area (Å²) in [7, 11) is -4.11. The van der Waals surface area contributed by atoms with Crippen molar-refractivity contribution in [3.63, 3.8) is 0 Å². The Morgan fingerprint density at radius 3 is 2.35 bits per heavy atom. The van der Waals surface area contributed by atoms with Gasteiger partial charge < -0.3 is 25.1 Å². The van der Waals surface area contributed by atoms with Crippen molar-refractivity contribution in [2.24, 2.45) is 16.5 Å². The number of carbonyl (C=O) groups is 4. The zero-order valence-corrected chi connectivity index (χ0v) is 30.2. The van der Waals surface area contributed by atoms with Crippen LogP contribution in [0.4, 0.5) is 13.6 Å². The van der Waals surface area contributed by atoms with Crippen LogP contribution in [0.15, 0.2) is 47.6 Å². The summed E-state index contributed by atoms with van der Waals surface area (Å²) in [6.07, 6.45) is -0.0972. The van der Waals surface area contributed by atoms with Crippen molar-refractivity contribution in [2.75, 3.05) is 6.54 Å². The number of halogens is 2. The Labute approximate surface area is 301 Å². The summed E-state index contributed by atoms with van der Waals surface area (Å²) < 4.78 is 60.6. The summed E-state index contributed by atoms with van der Waals surface area (Å²) in [4.78, 5) is 61.6. The number of nitrogens with zero attached hydrogens (tertiary/aromatic N) is 2. The van der Waals surface area contributed by atoms with Gasteiger partial charge in [0.1, 0.15) is 29.8 Å². The number of alkyl halides is 2. The van der Waals surface area contributed by atoms with Crippen molar-refractivity contribution in [3.8, 4) is 0 Å². The first-order valence-electron chi connectivity index (χ1n) is 17.7. The number of benzene rings is 2. The number of amides is 4. The monoisotopic (exact) mass is 745 g/mol. The number of oxime groups is 1. The van der Waals surface area contributed by atoms with Crippen LogP contribution < -0.4 is 15.4 Å². The largest absolute Gasteiger partial charge is 0.446 e. The van der Waals surface area contributed by atoms with Crippen LogP contribution in [-0.4, -0.2) is 91.4 Å². The van der Waals surface area contributed by atoms with Gasteiger partial charge in [-0.3, -0.25) is 19.1 Å². The van der Waals surface area contributed by atoms with E-state index < -0.39 is 87.0 Å². The normalized spacial score (nSPS) is 25.7. The molecular weight excluding hydrogens is 700 g/mol. The molecule has 6 rings (SSSR count). The zero-order chi connectivity index (χ0) is 37.4. The highest BCUT2D eigenvalue weighted by atomic mass is 32.2. The molecule has 0 bridgehead atoms. The van der Waals surface area contributed by atoms with Gasteiger partial charge in [-0.25, -0.2) is 22.0 Å². The average Bonchev–Trinajstić information content (AvgIpc) is 3.97. The molecule has 2 aromatic rings. The maximum absolute atomic E-state index is 14.3. The first-order valence-corrected chi connectivity index (χ1v) is 19.2.